The van der Waals surface area contributed by atoms with Gasteiger partial charge in [-0.05, 0) is 12.1 Å². The molecule has 9 heteroatoms. The number of aromatic nitrogens is 1. The third-order valence-corrected chi connectivity index (χ3v) is 2.98. The molecule has 0 spiro atoms. The monoisotopic (exact) mass is 315 g/mol. The van der Waals surface area contributed by atoms with Gasteiger partial charge in [0, 0.05) is 11.6 Å². The van der Waals surface area contributed by atoms with E-state index in [1.54, 1.807) is 0 Å². The van der Waals surface area contributed by atoms with Crippen LogP contribution in [0.2, 0.25) is 0 Å². The molecule has 0 fully saturated rings. The van der Waals surface area contributed by atoms with Gasteiger partial charge in [-0.1, -0.05) is 5.16 Å². The van der Waals surface area contributed by atoms with Crippen molar-refractivity contribution in [2.24, 2.45) is 0 Å². The fourth-order valence-electron chi connectivity index (χ4n) is 2.03. The maximum atomic E-state index is 13.2. The van der Waals surface area contributed by atoms with Gasteiger partial charge in [0.1, 0.15) is 13.2 Å². The number of ether oxygens (including phenoxy) is 2. The molecule has 0 radical (unpaired) electrons. The number of hydrogen-bond acceptors (Lipinski definition) is 5. The fourth-order valence-corrected chi connectivity index (χ4v) is 2.03. The van der Waals surface area contributed by atoms with E-state index in [-0.39, 0.29) is 36.0 Å². The van der Waals surface area contributed by atoms with Crippen LogP contribution in [0.15, 0.2) is 22.7 Å². The number of benzene rings is 1. The first-order valence-electron chi connectivity index (χ1n) is 6.07. The zero-order valence-electron chi connectivity index (χ0n) is 10.8. The second-order valence-electron chi connectivity index (χ2n) is 4.42. The zero-order chi connectivity index (χ0) is 15.9. The van der Waals surface area contributed by atoms with E-state index in [0.29, 0.717) is 0 Å². The number of alkyl halides is 3. The number of nitrogens with zero attached hydrogens (tertiary/aromatic N) is 1. The van der Waals surface area contributed by atoms with Crippen LogP contribution in [-0.4, -0.2) is 29.4 Å². The Morgan fingerprint density at radius 2 is 1.77 bits per heavy atom. The molecule has 0 atom stereocenters. The summed E-state index contributed by atoms with van der Waals surface area (Å²) in [6.45, 7) is 0.351. The van der Waals surface area contributed by atoms with Gasteiger partial charge in [0.2, 0.25) is 0 Å². The van der Waals surface area contributed by atoms with Crippen LogP contribution in [0.5, 0.6) is 11.5 Å². The highest BCUT2D eigenvalue weighted by atomic mass is 19.4. The highest BCUT2D eigenvalue weighted by molar-refractivity contribution is 5.86. The van der Waals surface area contributed by atoms with E-state index in [1.807, 2.05) is 0 Å². The van der Waals surface area contributed by atoms with E-state index in [4.69, 9.17) is 19.1 Å². The van der Waals surface area contributed by atoms with Crippen LogP contribution in [0.4, 0.5) is 13.2 Å². The van der Waals surface area contributed by atoms with Crippen LogP contribution >= 0.6 is 0 Å². The third kappa shape index (κ3) is 2.45. The lowest BCUT2D eigenvalue weighted by atomic mass is 10.0. The average Bonchev–Trinajstić information content (AvgIpc) is 2.95. The third-order valence-electron chi connectivity index (χ3n) is 2.98. The van der Waals surface area contributed by atoms with Gasteiger partial charge < -0.3 is 19.1 Å². The molecule has 1 aromatic carbocycles. The summed E-state index contributed by atoms with van der Waals surface area (Å²) in [5.74, 6) is -1.62. The number of hydrogen-bond donors (Lipinski definition) is 1. The van der Waals surface area contributed by atoms with E-state index >= 15 is 0 Å². The number of carboxylic acid groups (broad SMARTS) is 1. The van der Waals surface area contributed by atoms with Gasteiger partial charge in [-0.25, -0.2) is 4.79 Å². The molecule has 0 saturated carbocycles. The normalized spacial score (nSPS) is 14.0. The van der Waals surface area contributed by atoms with Crippen molar-refractivity contribution in [3.63, 3.8) is 0 Å². The van der Waals surface area contributed by atoms with Crippen LogP contribution in [0.3, 0.4) is 0 Å². The largest absolute Gasteiger partial charge is 0.486 e. The number of rotatable bonds is 2. The molecule has 0 unspecified atom stereocenters. The molecular formula is C13H8F3NO5. The van der Waals surface area contributed by atoms with Crippen LogP contribution in [0, 0.1) is 0 Å². The summed E-state index contributed by atoms with van der Waals surface area (Å²) >= 11 is 0. The fraction of sp³-hybridized carbons (Fsp3) is 0.231. The number of halogens is 3. The van der Waals surface area contributed by atoms with Gasteiger partial charge in [-0.2, -0.15) is 13.2 Å². The Morgan fingerprint density at radius 1 is 1.14 bits per heavy atom. The minimum atomic E-state index is -4.68. The van der Waals surface area contributed by atoms with E-state index in [0.717, 1.165) is 18.2 Å². The van der Waals surface area contributed by atoms with Crippen LogP contribution in [0.25, 0.3) is 11.3 Å². The summed E-state index contributed by atoms with van der Waals surface area (Å²) in [5.41, 5.74) is -1.88. The first-order valence-corrected chi connectivity index (χ1v) is 6.07. The predicted octanol–water partition coefficient (Wildman–Crippen LogP) is 2.83. The maximum Gasteiger partial charge on any atom is 0.417 e. The van der Waals surface area contributed by atoms with Gasteiger partial charge in [-0.3, -0.25) is 0 Å². The van der Waals surface area contributed by atoms with Crippen molar-refractivity contribution in [2.45, 2.75) is 6.18 Å². The Kier molecular flexibility index (Phi) is 3.19. The number of fused-ring (bicyclic) bond motifs is 1. The van der Waals surface area contributed by atoms with Crippen LogP contribution in [0.1, 0.15) is 16.1 Å². The molecule has 116 valence electrons. The molecule has 1 aliphatic heterocycles. The Labute approximate surface area is 121 Å². The predicted molar refractivity (Wildman–Crippen MR) is 64.9 cm³/mol. The summed E-state index contributed by atoms with van der Waals surface area (Å²) in [6.07, 6.45) is -4.68. The molecule has 0 amide bonds. The van der Waals surface area contributed by atoms with Crippen LogP contribution < -0.4 is 9.47 Å². The van der Waals surface area contributed by atoms with Crippen molar-refractivity contribution in [3.05, 3.63) is 29.5 Å². The lowest BCUT2D eigenvalue weighted by molar-refractivity contribution is -0.137. The number of carboxylic acids is 1. The molecule has 6 nitrogen and oxygen atoms in total. The SMILES string of the molecule is O=C(O)c1cc(-c2cc3c(cc2C(F)(F)F)OCCO3)on1. The van der Waals surface area contributed by atoms with E-state index < -0.39 is 23.4 Å². The average molecular weight is 315 g/mol. The van der Waals surface area contributed by atoms with Crippen molar-refractivity contribution in [2.75, 3.05) is 13.2 Å². The molecule has 22 heavy (non-hydrogen) atoms. The van der Waals surface area contributed by atoms with Gasteiger partial charge in [0.25, 0.3) is 0 Å². The van der Waals surface area contributed by atoms with E-state index in [9.17, 15) is 18.0 Å². The Hall–Kier alpha value is -2.71. The lowest BCUT2D eigenvalue weighted by Gasteiger charge is -2.21. The summed E-state index contributed by atoms with van der Waals surface area (Å²) in [7, 11) is 0. The first-order chi connectivity index (χ1) is 10.4. The van der Waals surface area contributed by atoms with Gasteiger partial charge in [0.05, 0.1) is 5.56 Å². The Morgan fingerprint density at radius 3 is 2.32 bits per heavy atom. The van der Waals surface area contributed by atoms with Gasteiger partial charge in [0.15, 0.2) is 23.0 Å². The van der Waals surface area contributed by atoms with Crippen molar-refractivity contribution in [3.8, 4) is 22.8 Å². The van der Waals surface area contributed by atoms with Crippen molar-refractivity contribution in [1.82, 2.24) is 5.16 Å². The zero-order valence-corrected chi connectivity index (χ0v) is 10.8. The molecule has 1 aromatic heterocycles. The van der Waals surface area contributed by atoms with Crippen molar-refractivity contribution < 1.29 is 37.1 Å². The van der Waals surface area contributed by atoms with Gasteiger partial charge in [-0.15, -0.1) is 0 Å². The summed E-state index contributed by atoms with van der Waals surface area (Å²) in [4.78, 5) is 10.8. The molecular weight excluding hydrogens is 307 g/mol. The quantitative estimate of drug-likeness (QED) is 0.917. The summed E-state index contributed by atoms with van der Waals surface area (Å²) < 4.78 is 54.7. The van der Waals surface area contributed by atoms with E-state index in [2.05, 4.69) is 5.16 Å². The maximum absolute atomic E-state index is 13.2. The molecule has 0 aliphatic carbocycles. The van der Waals surface area contributed by atoms with Gasteiger partial charge >= 0.3 is 12.1 Å². The number of aromatic carboxylic acids is 1. The molecule has 3 rings (SSSR count). The summed E-state index contributed by atoms with van der Waals surface area (Å²) in [5, 5.41) is 12.0. The second kappa shape index (κ2) is 4.93. The summed E-state index contributed by atoms with van der Waals surface area (Å²) in [6, 6.07) is 2.82. The molecule has 1 N–H and O–H groups in total. The number of carbonyl (C=O) groups is 1. The van der Waals surface area contributed by atoms with Crippen molar-refractivity contribution >= 4 is 5.97 Å². The molecule has 1 aliphatic rings. The Bertz CT molecular complexity index is 738. The minimum absolute atomic E-state index is 0.0275. The second-order valence-corrected chi connectivity index (χ2v) is 4.42. The molecule has 2 aromatic rings. The molecule has 0 saturated heterocycles. The highest BCUT2D eigenvalue weighted by Crippen LogP contribution is 2.44. The Balaban J connectivity index is 2.17. The lowest BCUT2D eigenvalue weighted by Crippen LogP contribution is -2.17. The van der Waals surface area contributed by atoms with E-state index in [1.165, 1.54) is 0 Å². The minimum Gasteiger partial charge on any atom is -0.486 e. The highest BCUT2D eigenvalue weighted by Gasteiger charge is 2.37. The van der Waals surface area contributed by atoms with Crippen LogP contribution in [-0.2, 0) is 6.18 Å². The van der Waals surface area contributed by atoms with Crippen molar-refractivity contribution in [1.29, 1.82) is 0 Å². The standard InChI is InChI=1S/C13H8F3NO5/c14-13(15,16)7-4-11-10(20-1-2-21-11)3-6(7)9-5-8(12(18)19)17-22-9/h3-5H,1-2H2,(H,18,19). The smallest absolute Gasteiger partial charge is 0.417 e. The first kappa shape index (κ1) is 14.2. The topological polar surface area (TPSA) is 81.8 Å². The molecule has 0 bridgehead atoms. The molecule has 2 heterocycles.